The number of hydrogen-bond donors (Lipinski definition) is 2. The zero-order valence-corrected chi connectivity index (χ0v) is 18.4. The van der Waals surface area contributed by atoms with Gasteiger partial charge in [-0.25, -0.2) is 18.4 Å². The molecule has 9 nitrogen and oxygen atoms in total. The van der Waals surface area contributed by atoms with E-state index in [0.717, 1.165) is 6.07 Å². The fourth-order valence-corrected chi connectivity index (χ4v) is 3.91. The van der Waals surface area contributed by atoms with E-state index in [9.17, 15) is 22.0 Å². The third-order valence-corrected chi connectivity index (χ3v) is 5.42. The van der Waals surface area contributed by atoms with Crippen LogP contribution in [0, 0.1) is 0 Å². The highest BCUT2D eigenvalue weighted by molar-refractivity contribution is 7.92. The lowest BCUT2D eigenvalue weighted by Gasteiger charge is -2.16. The number of sulfonamides is 1. The Labute approximate surface area is 188 Å². The number of halogens is 2. The Morgan fingerprint density at radius 3 is 2.48 bits per heavy atom. The van der Waals surface area contributed by atoms with Crippen LogP contribution in [0.3, 0.4) is 0 Å². The predicted octanol–water partition coefficient (Wildman–Crippen LogP) is 3.92. The molecule has 0 aliphatic carbocycles. The third-order valence-electron chi connectivity index (χ3n) is 4.00. The molecule has 0 spiro atoms. The van der Waals surface area contributed by atoms with E-state index >= 15 is 0 Å². The van der Waals surface area contributed by atoms with Crippen LogP contribution in [-0.2, 0) is 10.0 Å². The van der Waals surface area contributed by atoms with E-state index in [4.69, 9.17) is 4.74 Å². The number of nitrogens with one attached hydrogen (secondary N) is 2. The van der Waals surface area contributed by atoms with Gasteiger partial charge in [0.15, 0.2) is 0 Å². The topological polar surface area (TPSA) is 120 Å². The highest BCUT2D eigenvalue weighted by Crippen LogP contribution is 2.31. The number of carbonyl (C=O) groups is 1. The zero-order valence-electron chi connectivity index (χ0n) is 17.6. The largest absolute Gasteiger partial charge is 0.492 e. The van der Waals surface area contributed by atoms with Gasteiger partial charge in [-0.2, -0.15) is 8.78 Å². The van der Waals surface area contributed by atoms with Crippen molar-refractivity contribution in [3.8, 4) is 11.5 Å². The molecule has 0 fully saturated rings. The van der Waals surface area contributed by atoms with Crippen molar-refractivity contribution in [2.75, 3.05) is 16.6 Å². The van der Waals surface area contributed by atoms with Gasteiger partial charge in [0.25, 0.3) is 15.9 Å². The minimum absolute atomic E-state index is 0.0143. The summed E-state index contributed by atoms with van der Waals surface area (Å²) in [5.74, 6) is -0.716. The molecule has 0 bridgehead atoms. The summed E-state index contributed by atoms with van der Waals surface area (Å²) >= 11 is 0. The number of rotatable bonds is 9. The summed E-state index contributed by atoms with van der Waals surface area (Å²) < 4.78 is 64.4. The first-order valence-corrected chi connectivity index (χ1v) is 11.1. The summed E-state index contributed by atoms with van der Waals surface area (Å²) in [5, 5.41) is 2.61. The Balaban J connectivity index is 1.85. The Hall–Kier alpha value is -3.80. The van der Waals surface area contributed by atoms with E-state index in [1.165, 1.54) is 55.1 Å². The molecule has 2 aromatic carbocycles. The van der Waals surface area contributed by atoms with Gasteiger partial charge in [-0.3, -0.25) is 9.52 Å². The molecule has 1 aromatic heterocycles. The second-order valence-corrected chi connectivity index (χ2v) is 8.37. The molecule has 1 amide bonds. The quantitative estimate of drug-likeness (QED) is 0.478. The molecule has 2 N–H and O–H groups in total. The van der Waals surface area contributed by atoms with Gasteiger partial charge in [-0.1, -0.05) is 6.07 Å². The first kappa shape index (κ1) is 23.9. The molecule has 0 aliphatic rings. The fraction of sp³-hybridized carbons (Fsp3) is 0.190. The summed E-state index contributed by atoms with van der Waals surface area (Å²) in [5.41, 5.74) is 0.515. The zero-order chi connectivity index (χ0) is 24.1. The molecule has 0 saturated carbocycles. The molecule has 12 heteroatoms. The van der Waals surface area contributed by atoms with Gasteiger partial charge in [0.2, 0.25) is 0 Å². The van der Waals surface area contributed by atoms with Gasteiger partial charge in [-0.15, -0.1) is 0 Å². The van der Waals surface area contributed by atoms with Crippen LogP contribution in [0.25, 0.3) is 0 Å². The van der Waals surface area contributed by atoms with Crippen LogP contribution < -0.4 is 19.5 Å². The van der Waals surface area contributed by atoms with Gasteiger partial charge in [0, 0.05) is 37.1 Å². The maximum Gasteiger partial charge on any atom is 0.394 e. The number of amides is 1. The van der Waals surface area contributed by atoms with Gasteiger partial charge in [0.1, 0.15) is 22.7 Å². The predicted molar refractivity (Wildman–Crippen MR) is 116 cm³/mol. The van der Waals surface area contributed by atoms with Gasteiger partial charge in [0.05, 0.1) is 17.9 Å². The number of anilines is 2. The molecule has 1 heterocycles. The SMILES string of the molecule is CCOc1cc(NC(=O)c2cncnc2)ccc1S(=O)(=O)Nc1cccc(OC(C)(F)F)c1. The Kier molecular flexibility index (Phi) is 7.07. The average Bonchev–Trinajstić information content (AvgIpc) is 2.73. The van der Waals surface area contributed by atoms with E-state index < -0.39 is 22.0 Å². The molecule has 3 aromatic rings. The molecule has 0 aliphatic heterocycles. The molecule has 0 radical (unpaired) electrons. The van der Waals surface area contributed by atoms with E-state index in [-0.39, 0.29) is 39.9 Å². The van der Waals surface area contributed by atoms with Crippen LogP contribution >= 0.6 is 0 Å². The van der Waals surface area contributed by atoms with Gasteiger partial charge < -0.3 is 14.8 Å². The summed E-state index contributed by atoms with van der Waals surface area (Å²) in [7, 11) is -4.17. The van der Waals surface area contributed by atoms with Crippen LogP contribution in [-0.4, -0.2) is 37.0 Å². The molecule has 3 rings (SSSR count). The van der Waals surface area contributed by atoms with Crippen LogP contribution in [0.4, 0.5) is 20.2 Å². The molecule has 0 saturated heterocycles. The number of benzene rings is 2. The van der Waals surface area contributed by atoms with Crippen molar-refractivity contribution >= 4 is 27.3 Å². The van der Waals surface area contributed by atoms with Crippen LogP contribution in [0.1, 0.15) is 24.2 Å². The smallest absolute Gasteiger partial charge is 0.394 e. The van der Waals surface area contributed by atoms with Crippen molar-refractivity contribution in [2.45, 2.75) is 24.9 Å². The van der Waals surface area contributed by atoms with Crippen molar-refractivity contribution in [3.05, 3.63) is 66.7 Å². The fourth-order valence-electron chi connectivity index (χ4n) is 2.74. The average molecular weight is 478 g/mol. The number of carbonyl (C=O) groups excluding carboxylic acids is 1. The van der Waals surface area contributed by atoms with E-state index in [1.807, 2.05) is 0 Å². The van der Waals surface area contributed by atoms with Gasteiger partial charge >= 0.3 is 6.11 Å². The lowest BCUT2D eigenvalue weighted by molar-refractivity contribution is -0.158. The third kappa shape index (κ3) is 6.59. The maximum atomic E-state index is 13.1. The maximum absolute atomic E-state index is 13.1. The molecule has 174 valence electrons. The lowest BCUT2D eigenvalue weighted by Crippen LogP contribution is -2.19. The first-order valence-electron chi connectivity index (χ1n) is 9.60. The van der Waals surface area contributed by atoms with E-state index in [2.05, 4.69) is 24.7 Å². The Bertz CT molecular complexity index is 1230. The number of ether oxygens (including phenoxy) is 2. The van der Waals surface area contributed by atoms with Crippen LogP contribution in [0.15, 0.2) is 66.1 Å². The minimum atomic E-state index is -4.17. The van der Waals surface area contributed by atoms with Crippen LogP contribution in [0.5, 0.6) is 11.5 Å². The van der Waals surface area contributed by atoms with Crippen LogP contribution in [0.2, 0.25) is 0 Å². The summed E-state index contributed by atoms with van der Waals surface area (Å²) in [6.07, 6.45) is 0.527. The molecule has 33 heavy (non-hydrogen) atoms. The summed E-state index contributed by atoms with van der Waals surface area (Å²) in [4.78, 5) is 19.6. The highest BCUT2D eigenvalue weighted by atomic mass is 32.2. The standard InChI is InChI=1S/C21H20F2N4O5S/c1-3-31-18-10-15(26-20(28)14-11-24-13-25-12-14)7-8-19(18)33(29,30)27-16-5-4-6-17(9-16)32-21(2,22)23/h4-13,27H,3H2,1-2H3,(H,26,28). The number of aromatic nitrogens is 2. The minimum Gasteiger partial charge on any atom is -0.492 e. The first-order chi connectivity index (χ1) is 15.6. The number of nitrogens with zero attached hydrogens (tertiary/aromatic N) is 2. The van der Waals surface area contributed by atoms with E-state index in [0.29, 0.717) is 6.92 Å². The lowest BCUT2D eigenvalue weighted by atomic mass is 10.2. The second kappa shape index (κ2) is 9.77. The summed E-state index contributed by atoms with van der Waals surface area (Å²) in [6.45, 7) is 2.40. The number of alkyl halides is 2. The highest BCUT2D eigenvalue weighted by Gasteiger charge is 2.24. The Morgan fingerprint density at radius 1 is 1.09 bits per heavy atom. The van der Waals surface area contributed by atoms with Gasteiger partial charge in [-0.05, 0) is 31.2 Å². The monoisotopic (exact) mass is 478 g/mol. The Morgan fingerprint density at radius 2 is 1.82 bits per heavy atom. The number of hydrogen-bond acceptors (Lipinski definition) is 7. The van der Waals surface area contributed by atoms with Crippen molar-refractivity contribution in [2.24, 2.45) is 0 Å². The van der Waals surface area contributed by atoms with Crippen molar-refractivity contribution < 1.29 is 31.5 Å². The van der Waals surface area contributed by atoms with Crippen molar-refractivity contribution in [3.63, 3.8) is 0 Å². The van der Waals surface area contributed by atoms with Crippen molar-refractivity contribution in [1.29, 1.82) is 0 Å². The molecular weight excluding hydrogens is 458 g/mol. The van der Waals surface area contributed by atoms with Crippen molar-refractivity contribution in [1.82, 2.24) is 9.97 Å². The molecule has 0 unspecified atom stereocenters. The second-order valence-electron chi connectivity index (χ2n) is 6.72. The molecule has 0 atom stereocenters. The van der Waals surface area contributed by atoms with E-state index in [1.54, 1.807) is 6.92 Å². The molecular formula is C21H20F2N4O5S. The normalized spacial score (nSPS) is 11.5. The summed E-state index contributed by atoms with van der Waals surface area (Å²) in [6, 6.07) is 9.16.